The van der Waals surface area contributed by atoms with Gasteiger partial charge in [0, 0.05) is 12.1 Å². The van der Waals surface area contributed by atoms with Crippen LogP contribution in [0.25, 0.3) is 11.2 Å². The molecule has 120 valence electrons. The minimum Gasteiger partial charge on any atom is -0.364 e. The summed E-state index contributed by atoms with van der Waals surface area (Å²) in [6, 6.07) is 10.1. The minimum atomic E-state index is -0.0802. The van der Waals surface area contributed by atoms with Gasteiger partial charge in [-0.2, -0.15) is 9.97 Å². The van der Waals surface area contributed by atoms with Crippen molar-refractivity contribution in [2.24, 2.45) is 0 Å². The Morgan fingerprint density at radius 2 is 1.91 bits per heavy atom. The van der Waals surface area contributed by atoms with E-state index < -0.39 is 0 Å². The van der Waals surface area contributed by atoms with Crippen molar-refractivity contribution in [3.05, 3.63) is 47.5 Å². The lowest BCUT2D eigenvalue weighted by atomic mass is 10.0. The number of aromatic nitrogens is 4. The van der Waals surface area contributed by atoms with Gasteiger partial charge in [-0.1, -0.05) is 37.3 Å². The number of hydrogen-bond donors (Lipinski definition) is 1. The molecule has 1 aromatic carbocycles. The quantitative estimate of drug-likeness (QED) is 0.711. The number of nitrogens with zero attached hydrogens (tertiary/aromatic N) is 4. The first kappa shape index (κ1) is 15.7. The number of hydrogen-bond acceptors (Lipinski definition) is 4. The van der Waals surface area contributed by atoms with E-state index in [9.17, 15) is 0 Å². The van der Waals surface area contributed by atoms with Gasteiger partial charge in [-0.15, -0.1) is 0 Å². The van der Waals surface area contributed by atoms with E-state index in [-0.39, 0.29) is 10.8 Å². The molecule has 6 heteroatoms. The summed E-state index contributed by atoms with van der Waals surface area (Å²) in [7, 11) is 0. The molecule has 0 unspecified atom stereocenters. The number of anilines is 1. The standard InChI is InChI=1S/C17H20ClN5/c1-4-17(2,3)23-11-20-13-14(21-16(18)22-15(13)23)19-10-12-8-6-5-7-9-12/h5-9,11H,4,10H2,1-3H3,(H,19,21,22). The SMILES string of the molecule is CCC(C)(C)n1cnc2c(NCc3ccccc3)nc(Cl)nc21. The van der Waals surface area contributed by atoms with Gasteiger partial charge in [0.1, 0.15) is 0 Å². The summed E-state index contributed by atoms with van der Waals surface area (Å²) in [6.07, 6.45) is 2.78. The van der Waals surface area contributed by atoms with Crippen LogP contribution >= 0.6 is 11.6 Å². The summed E-state index contributed by atoms with van der Waals surface area (Å²) in [5, 5.41) is 3.54. The first-order chi connectivity index (χ1) is 11.0. The lowest BCUT2D eigenvalue weighted by Crippen LogP contribution is -2.24. The Kier molecular flexibility index (Phi) is 4.22. The van der Waals surface area contributed by atoms with E-state index in [0.717, 1.165) is 17.6 Å². The molecule has 0 spiro atoms. The van der Waals surface area contributed by atoms with Gasteiger partial charge >= 0.3 is 0 Å². The Morgan fingerprint density at radius 3 is 2.61 bits per heavy atom. The van der Waals surface area contributed by atoms with Crippen LogP contribution in [0.2, 0.25) is 5.28 Å². The van der Waals surface area contributed by atoms with Crippen LogP contribution in [0, 0.1) is 0 Å². The smallest absolute Gasteiger partial charge is 0.226 e. The molecule has 0 radical (unpaired) electrons. The zero-order valence-corrected chi connectivity index (χ0v) is 14.3. The molecule has 0 amide bonds. The van der Waals surface area contributed by atoms with Gasteiger partial charge in [0.05, 0.1) is 6.33 Å². The predicted octanol–water partition coefficient (Wildman–Crippen LogP) is 4.24. The Morgan fingerprint density at radius 1 is 1.17 bits per heavy atom. The highest BCUT2D eigenvalue weighted by molar-refractivity contribution is 6.28. The molecule has 0 aliphatic rings. The van der Waals surface area contributed by atoms with E-state index in [1.165, 1.54) is 5.56 Å². The highest BCUT2D eigenvalue weighted by Gasteiger charge is 2.22. The van der Waals surface area contributed by atoms with E-state index in [4.69, 9.17) is 11.6 Å². The number of imidazole rings is 1. The summed E-state index contributed by atoms with van der Waals surface area (Å²) in [4.78, 5) is 13.2. The lowest BCUT2D eigenvalue weighted by molar-refractivity contribution is 0.350. The molecule has 0 fully saturated rings. The molecular weight excluding hydrogens is 310 g/mol. The van der Waals surface area contributed by atoms with Gasteiger partial charge in [0.15, 0.2) is 17.0 Å². The highest BCUT2D eigenvalue weighted by atomic mass is 35.5. The molecule has 2 aromatic heterocycles. The fraction of sp³-hybridized carbons (Fsp3) is 0.353. The normalized spacial score (nSPS) is 11.8. The van der Waals surface area contributed by atoms with Gasteiger partial charge in [0.25, 0.3) is 0 Å². The molecule has 0 aliphatic heterocycles. The average molecular weight is 330 g/mol. The van der Waals surface area contributed by atoms with Crippen LogP contribution in [0.1, 0.15) is 32.8 Å². The van der Waals surface area contributed by atoms with Crippen LogP contribution < -0.4 is 5.32 Å². The Labute approximate surface area is 140 Å². The van der Waals surface area contributed by atoms with E-state index in [2.05, 4.69) is 57.7 Å². The van der Waals surface area contributed by atoms with Crippen LogP contribution in [0.15, 0.2) is 36.7 Å². The Bertz CT molecular complexity index is 810. The second-order valence-corrected chi connectivity index (χ2v) is 6.47. The lowest BCUT2D eigenvalue weighted by Gasteiger charge is -2.25. The number of nitrogens with one attached hydrogen (secondary N) is 1. The molecule has 3 aromatic rings. The van der Waals surface area contributed by atoms with E-state index >= 15 is 0 Å². The van der Waals surface area contributed by atoms with E-state index in [1.54, 1.807) is 0 Å². The summed E-state index contributed by atoms with van der Waals surface area (Å²) < 4.78 is 2.06. The van der Waals surface area contributed by atoms with E-state index in [0.29, 0.717) is 12.4 Å². The second kappa shape index (κ2) is 6.16. The summed E-state index contributed by atoms with van der Waals surface area (Å²) >= 11 is 6.12. The average Bonchev–Trinajstić information content (AvgIpc) is 2.98. The van der Waals surface area contributed by atoms with Crippen LogP contribution in [-0.4, -0.2) is 19.5 Å². The molecule has 23 heavy (non-hydrogen) atoms. The van der Waals surface area contributed by atoms with Gasteiger partial charge in [0.2, 0.25) is 5.28 Å². The van der Waals surface area contributed by atoms with Crippen molar-refractivity contribution >= 4 is 28.6 Å². The van der Waals surface area contributed by atoms with E-state index in [1.807, 2.05) is 24.5 Å². The molecule has 2 heterocycles. The molecule has 0 atom stereocenters. The van der Waals surface area contributed by atoms with Crippen molar-refractivity contribution in [3.63, 3.8) is 0 Å². The monoisotopic (exact) mass is 329 g/mol. The molecule has 0 saturated heterocycles. The largest absolute Gasteiger partial charge is 0.364 e. The number of halogens is 1. The van der Waals surface area contributed by atoms with Crippen LogP contribution in [0.4, 0.5) is 5.82 Å². The molecule has 0 aliphatic carbocycles. The van der Waals surface area contributed by atoms with Crippen LogP contribution in [0.5, 0.6) is 0 Å². The van der Waals surface area contributed by atoms with Crippen molar-refractivity contribution in [3.8, 4) is 0 Å². The molecule has 5 nitrogen and oxygen atoms in total. The fourth-order valence-electron chi connectivity index (χ4n) is 2.39. The van der Waals surface area contributed by atoms with Crippen LogP contribution in [-0.2, 0) is 12.1 Å². The minimum absolute atomic E-state index is 0.0802. The van der Waals surface area contributed by atoms with Gasteiger partial charge in [-0.3, -0.25) is 0 Å². The first-order valence-electron chi connectivity index (χ1n) is 7.70. The zero-order chi connectivity index (χ0) is 16.4. The maximum atomic E-state index is 6.12. The van der Waals surface area contributed by atoms with Crippen molar-refractivity contribution < 1.29 is 0 Å². The third-order valence-electron chi connectivity index (χ3n) is 4.19. The zero-order valence-electron chi connectivity index (χ0n) is 13.5. The number of benzene rings is 1. The molecule has 0 saturated carbocycles. The first-order valence-corrected chi connectivity index (χ1v) is 8.08. The molecule has 1 N–H and O–H groups in total. The van der Waals surface area contributed by atoms with Gasteiger partial charge in [-0.05, 0) is 37.4 Å². The fourth-order valence-corrected chi connectivity index (χ4v) is 2.56. The van der Waals surface area contributed by atoms with Gasteiger partial charge < -0.3 is 9.88 Å². The third-order valence-corrected chi connectivity index (χ3v) is 4.36. The molecule has 0 bridgehead atoms. The Hall–Kier alpha value is -2.14. The topological polar surface area (TPSA) is 55.6 Å². The number of rotatable bonds is 5. The maximum absolute atomic E-state index is 6.12. The maximum Gasteiger partial charge on any atom is 0.226 e. The van der Waals surface area contributed by atoms with Crippen molar-refractivity contribution in [2.45, 2.75) is 39.3 Å². The van der Waals surface area contributed by atoms with Crippen molar-refractivity contribution in [2.75, 3.05) is 5.32 Å². The van der Waals surface area contributed by atoms with Crippen molar-refractivity contribution in [1.29, 1.82) is 0 Å². The summed E-state index contributed by atoms with van der Waals surface area (Å²) in [6.45, 7) is 7.11. The second-order valence-electron chi connectivity index (χ2n) is 6.13. The third kappa shape index (κ3) is 3.15. The van der Waals surface area contributed by atoms with Crippen LogP contribution in [0.3, 0.4) is 0 Å². The Balaban J connectivity index is 1.98. The predicted molar refractivity (Wildman–Crippen MR) is 93.7 cm³/mol. The molecular formula is C17H20ClN5. The molecule has 3 rings (SSSR count). The number of fused-ring (bicyclic) bond motifs is 1. The summed E-state index contributed by atoms with van der Waals surface area (Å²) in [5.41, 5.74) is 2.59. The van der Waals surface area contributed by atoms with Gasteiger partial charge in [-0.25, -0.2) is 4.98 Å². The summed E-state index contributed by atoms with van der Waals surface area (Å²) in [5.74, 6) is 0.662. The highest BCUT2D eigenvalue weighted by Crippen LogP contribution is 2.28. The van der Waals surface area contributed by atoms with Crippen molar-refractivity contribution in [1.82, 2.24) is 19.5 Å².